The third-order valence-corrected chi connectivity index (χ3v) is 4.57. The Kier molecular flexibility index (Phi) is 6.64. The van der Waals surface area contributed by atoms with Crippen molar-refractivity contribution in [2.24, 2.45) is 5.92 Å². The third kappa shape index (κ3) is 5.59. The van der Waals surface area contributed by atoms with Gasteiger partial charge < -0.3 is 5.11 Å². The molecule has 9 heteroatoms. The van der Waals surface area contributed by atoms with Crippen molar-refractivity contribution < 1.29 is 14.7 Å². The average molecular weight is 402 g/mol. The van der Waals surface area contributed by atoms with Crippen LogP contribution in [0.2, 0.25) is 10.0 Å². The molecule has 0 aliphatic rings. The molecule has 2 amide bonds. The molecule has 0 spiro atoms. The summed E-state index contributed by atoms with van der Waals surface area (Å²) in [6, 6.07) is 5.11. The monoisotopic (exact) mass is 401 g/mol. The number of halogens is 2. The van der Waals surface area contributed by atoms with Crippen molar-refractivity contribution in [2.75, 3.05) is 6.54 Å². The van der Waals surface area contributed by atoms with Crippen LogP contribution >= 0.6 is 34.5 Å². The van der Waals surface area contributed by atoms with Crippen molar-refractivity contribution in [2.45, 2.75) is 20.3 Å². The first-order chi connectivity index (χ1) is 11.8. The maximum absolute atomic E-state index is 12.1. The topological polar surface area (TPSA) is 82.5 Å². The van der Waals surface area contributed by atoms with Gasteiger partial charge in [0.2, 0.25) is 5.91 Å². The smallest absolute Gasteiger partial charge is 0.426 e. The molecule has 1 aromatic heterocycles. The molecule has 25 heavy (non-hydrogen) atoms. The molecule has 2 aromatic rings. The number of carbonyl (C=O) groups is 2. The van der Waals surface area contributed by atoms with Crippen LogP contribution in [0.4, 0.5) is 4.79 Å². The summed E-state index contributed by atoms with van der Waals surface area (Å²) >= 11 is 13.4. The van der Waals surface area contributed by atoms with E-state index in [9.17, 15) is 9.59 Å². The van der Waals surface area contributed by atoms with Gasteiger partial charge in [-0.25, -0.2) is 14.8 Å². The van der Waals surface area contributed by atoms with E-state index in [1.165, 1.54) is 11.3 Å². The lowest BCUT2D eigenvalue weighted by Gasteiger charge is -2.21. The number of carboxylic acid groups (broad SMARTS) is 1. The summed E-state index contributed by atoms with van der Waals surface area (Å²) < 4.78 is 0. The molecule has 0 bridgehead atoms. The standard InChI is InChI=1S/C16H17Cl2N3O3S/c1-9(2)7-21(16(23)24)20-14(22)6-11-8-25-15(19-11)12-4-3-10(17)5-13(12)18/h3-5,8-9H,6-7H2,1-2H3,(H,20,22)(H,23,24). The number of hydrogen-bond donors (Lipinski definition) is 2. The lowest BCUT2D eigenvalue weighted by atomic mass is 10.2. The fourth-order valence-electron chi connectivity index (χ4n) is 2.07. The molecule has 0 aliphatic heterocycles. The molecule has 2 N–H and O–H groups in total. The highest BCUT2D eigenvalue weighted by Gasteiger charge is 2.18. The minimum atomic E-state index is -1.20. The van der Waals surface area contributed by atoms with Crippen LogP contribution in [-0.2, 0) is 11.2 Å². The quantitative estimate of drug-likeness (QED) is 0.730. The number of carbonyl (C=O) groups excluding carboxylic acids is 1. The third-order valence-electron chi connectivity index (χ3n) is 3.09. The fourth-order valence-corrected chi connectivity index (χ4v) is 3.48. The van der Waals surface area contributed by atoms with Crippen molar-refractivity contribution in [3.63, 3.8) is 0 Å². The van der Waals surface area contributed by atoms with Crippen LogP contribution in [-0.4, -0.2) is 33.6 Å². The number of hydrazine groups is 1. The highest BCUT2D eigenvalue weighted by atomic mass is 35.5. The molecule has 0 aliphatic carbocycles. The average Bonchev–Trinajstić information content (AvgIpc) is 2.94. The molecule has 134 valence electrons. The lowest BCUT2D eigenvalue weighted by Crippen LogP contribution is -2.47. The maximum Gasteiger partial charge on any atom is 0.426 e. The Balaban J connectivity index is 2.05. The van der Waals surface area contributed by atoms with Crippen LogP contribution < -0.4 is 5.43 Å². The summed E-state index contributed by atoms with van der Waals surface area (Å²) in [5, 5.41) is 13.4. The van der Waals surface area contributed by atoms with Gasteiger partial charge >= 0.3 is 6.09 Å². The Bertz CT molecular complexity index is 780. The zero-order valence-electron chi connectivity index (χ0n) is 13.6. The highest BCUT2D eigenvalue weighted by molar-refractivity contribution is 7.13. The largest absolute Gasteiger partial charge is 0.464 e. The molecule has 1 aromatic carbocycles. The van der Waals surface area contributed by atoms with Gasteiger partial charge in [0.25, 0.3) is 0 Å². The van der Waals surface area contributed by atoms with E-state index in [0.717, 1.165) is 10.6 Å². The van der Waals surface area contributed by atoms with Gasteiger partial charge in [0.1, 0.15) is 5.01 Å². The van der Waals surface area contributed by atoms with Gasteiger partial charge in [0.05, 0.1) is 17.1 Å². The number of benzene rings is 1. The van der Waals surface area contributed by atoms with E-state index in [2.05, 4.69) is 10.4 Å². The second-order valence-corrected chi connectivity index (χ2v) is 7.47. The van der Waals surface area contributed by atoms with Gasteiger partial charge in [0.15, 0.2) is 0 Å². The zero-order valence-corrected chi connectivity index (χ0v) is 16.0. The van der Waals surface area contributed by atoms with Crippen molar-refractivity contribution in [3.05, 3.63) is 39.3 Å². The van der Waals surface area contributed by atoms with Gasteiger partial charge in [-0.3, -0.25) is 10.2 Å². The Hall–Kier alpha value is -1.83. The minimum absolute atomic E-state index is 0.0242. The Morgan fingerprint density at radius 1 is 1.36 bits per heavy atom. The normalized spacial score (nSPS) is 10.8. The van der Waals surface area contributed by atoms with E-state index in [-0.39, 0.29) is 18.9 Å². The molecular weight excluding hydrogens is 385 g/mol. The fraction of sp³-hybridized carbons (Fsp3) is 0.312. The first-order valence-corrected chi connectivity index (χ1v) is 9.09. The molecule has 0 radical (unpaired) electrons. The van der Waals surface area contributed by atoms with E-state index in [4.69, 9.17) is 28.3 Å². The molecule has 1 heterocycles. The molecule has 2 rings (SSSR count). The van der Waals surface area contributed by atoms with E-state index < -0.39 is 12.0 Å². The minimum Gasteiger partial charge on any atom is -0.464 e. The number of hydrogen-bond acceptors (Lipinski definition) is 4. The van der Waals surface area contributed by atoms with E-state index in [0.29, 0.717) is 20.7 Å². The molecule has 0 fully saturated rings. The van der Waals surface area contributed by atoms with Crippen LogP contribution in [0.3, 0.4) is 0 Å². The Labute approximate surface area is 159 Å². The number of nitrogens with zero attached hydrogens (tertiary/aromatic N) is 2. The molecule has 0 unspecified atom stereocenters. The van der Waals surface area contributed by atoms with Crippen LogP contribution in [0.1, 0.15) is 19.5 Å². The van der Waals surface area contributed by atoms with E-state index >= 15 is 0 Å². The van der Waals surface area contributed by atoms with Crippen LogP contribution in [0.5, 0.6) is 0 Å². The van der Waals surface area contributed by atoms with Crippen molar-refractivity contribution in [1.29, 1.82) is 0 Å². The summed E-state index contributed by atoms with van der Waals surface area (Å²) in [5.41, 5.74) is 3.65. The maximum atomic E-state index is 12.1. The van der Waals surface area contributed by atoms with Crippen LogP contribution in [0.25, 0.3) is 10.6 Å². The van der Waals surface area contributed by atoms with Crippen molar-refractivity contribution in [3.8, 4) is 10.6 Å². The number of amides is 2. The number of nitrogens with one attached hydrogen (secondary N) is 1. The molecule has 6 nitrogen and oxygen atoms in total. The zero-order chi connectivity index (χ0) is 18.6. The SMILES string of the molecule is CC(C)CN(NC(=O)Cc1csc(-c2ccc(Cl)cc2Cl)n1)C(=O)O. The summed E-state index contributed by atoms with van der Waals surface area (Å²) in [4.78, 5) is 27.6. The van der Waals surface area contributed by atoms with E-state index in [1.807, 2.05) is 13.8 Å². The summed E-state index contributed by atoms with van der Waals surface area (Å²) in [7, 11) is 0. The van der Waals surface area contributed by atoms with Crippen LogP contribution in [0, 0.1) is 5.92 Å². The summed E-state index contributed by atoms with van der Waals surface area (Å²) in [5.74, 6) is -0.351. The van der Waals surface area contributed by atoms with Gasteiger partial charge in [0, 0.05) is 22.5 Å². The Morgan fingerprint density at radius 3 is 2.68 bits per heavy atom. The van der Waals surface area contributed by atoms with Crippen LogP contribution in [0.15, 0.2) is 23.6 Å². The predicted octanol–water partition coefficient (Wildman–Crippen LogP) is 4.33. The predicted molar refractivity (Wildman–Crippen MR) is 99.0 cm³/mol. The number of thiazole rings is 1. The van der Waals surface area contributed by atoms with Gasteiger partial charge in [-0.05, 0) is 24.1 Å². The molecule has 0 saturated carbocycles. The van der Waals surface area contributed by atoms with Gasteiger partial charge in [-0.2, -0.15) is 0 Å². The summed E-state index contributed by atoms with van der Waals surface area (Å²) in [6.45, 7) is 3.94. The first-order valence-electron chi connectivity index (χ1n) is 7.46. The molecular formula is C16H17Cl2N3O3S. The number of aromatic nitrogens is 1. The second kappa shape index (κ2) is 8.51. The highest BCUT2D eigenvalue weighted by Crippen LogP contribution is 2.32. The van der Waals surface area contributed by atoms with Gasteiger partial charge in [-0.1, -0.05) is 37.0 Å². The van der Waals surface area contributed by atoms with Crippen molar-refractivity contribution >= 4 is 46.5 Å². The Morgan fingerprint density at radius 2 is 2.08 bits per heavy atom. The summed E-state index contributed by atoms with van der Waals surface area (Å²) in [6.07, 6.45) is -1.22. The molecule has 0 saturated heterocycles. The van der Waals surface area contributed by atoms with Gasteiger partial charge in [-0.15, -0.1) is 11.3 Å². The molecule has 0 atom stereocenters. The lowest BCUT2D eigenvalue weighted by molar-refractivity contribution is -0.124. The number of rotatable bonds is 5. The second-order valence-electron chi connectivity index (χ2n) is 5.77. The van der Waals surface area contributed by atoms with E-state index in [1.54, 1.807) is 23.6 Å². The first kappa shape index (κ1) is 19.5. The van der Waals surface area contributed by atoms with Crippen molar-refractivity contribution in [1.82, 2.24) is 15.4 Å².